The lowest BCUT2D eigenvalue weighted by Gasteiger charge is -2.38. The van der Waals surface area contributed by atoms with Crippen molar-refractivity contribution in [1.82, 2.24) is 29.3 Å². The topological polar surface area (TPSA) is 134 Å². The molecule has 4 rings (SSSR count). The lowest BCUT2D eigenvalue weighted by atomic mass is 9.77. The number of aryl methyl sites for hydroxylation is 3. The Bertz CT molecular complexity index is 1090. The molecule has 0 saturated carbocycles. The smallest absolute Gasteiger partial charge is 0.244 e. The Labute approximate surface area is 187 Å². The number of carbonyl (C=O) groups excluding carboxylic acids is 1. The Morgan fingerprint density at radius 3 is 2.41 bits per heavy atom. The zero-order valence-corrected chi connectivity index (χ0v) is 19.6. The molecule has 2 aromatic heterocycles. The number of hydrogen-bond acceptors (Lipinski definition) is 9. The highest BCUT2D eigenvalue weighted by atomic mass is 32.2. The molecule has 0 aromatic carbocycles. The van der Waals surface area contributed by atoms with Gasteiger partial charge in [-0.15, -0.1) is 0 Å². The van der Waals surface area contributed by atoms with Crippen LogP contribution >= 0.6 is 0 Å². The molecule has 2 saturated heterocycles. The number of nitrogens with zero attached hydrogens (tertiary/aromatic N) is 6. The van der Waals surface area contributed by atoms with Crippen LogP contribution in [0.1, 0.15) is 48.4 Å². The number of likely N-dealkylation sites (tertiary alicyclic amines) is 1. The second kappa shape index (κ2) is 8.49. The first-order valence-electron chi connectivity index (χ1n) is 10.6. The van der Waals surface area contributed by atoms with E-state index < -0.39 is 10.0 Å². The normalized spacial score (nSPS) is 21.8. The molecule has 2 aliphatic heterocycles. The van der Waals surface area contributed by atoms with Gasteiger partial charge < -0.3 is 4.52 Å². The maximum absolute atomic E-state index is 12.8. The average Bonchev–Trinajstić information content (AvgIpc) is 3.24. The fraction of sp³-hybridized carbons (Fsp3) is 0.650. The lowest BCUT2D eigenvalue weighted by Crippen LogP contribution is -2.44. The van der Waals surface area contributed by atoms with E-state index in [1.807, 2.05) is 24.8 Å². The van der Waals surface area contributed by atoms with E-state index in [4.69, 9.17) is 4.52 Å². The molecule has 11 nitrogen and oxygen atoms in total. The molecular weight excluding hydrogens is 434 g/mol. The van der Waals surface area contributed by atoms with Gasteiger partial charge in [0, 0.05) is 31.0 Å². The van der Waals surface area contributed by atoms with Crippen molar-refractivity contribution in [3.05, 3.63) is 29.2 Å². The van der Waals surface area contributed by atoms with Crippen LogP contribution in [0.25, 0.3) is 0 Å². The van der Waals surface area contributed by atoms with Crippen LogP contribution in [0.15, 0.2) is 10.6 Å². The third kappa shape index (κ3) is 4.97. The van der Waals surface area contributed by atoms with E-state index in [0.717, 1.165) is 30.7 Å². The van der Waals surface area contributed by atoms with Crippen molar-refractivity contribution in [2.24, 2.45) is 5.41 Å². The summed E-state index contributed by atoms with van der Waals surface area (Å²) in [5.41, 5.74) is 1.46. The molecule has 2 fully saturated rings. The van der Waals surface area contributed by atoms with E-state index >= 15 is 0 Å². The summed E-state index contributed by atoms with van der Waals surface area (Å²) in [5, 5.41) is 6.71. The molecular formula is C20H29N7O4S. The molecule has 32 heavy (non-hydrogen) atoms. The summed E-state index contributed by atoms with van der Waals surface area (Å²) < 4.78 is 30.8. The number of amides is 1. The summed E-state index contributed by atoms with van der Waals surface area (Å²) in [6.45, 7) is 7.20. The van der Waals surface area contributed by atoms with Gasteiger partial charge in [0.05, 0.1) is 18.8 Å². The fourth-order valence-corrected chi connectivity index (χ4v) is 5.63. The summed E-state index contributed by atoms with van der Waals surface area (Å²) in [7, 11) is -3.21. The summed E-state index contributed by atoms with van der Waals surface area (Å²) in [6, 6.07) is 1.64. The maximum Gasteiger partial charge on any atom is 0.244 e. The van der Waals surface area contributed by atoms with Gasteiger partial charge in [0.25, 0.3) is 0 Å². The third-order valence-electron chi connectivity index (χ3n) is 6.27. The van der Waals surface area contributed by atoms with E-state index in [9.17, 15) is 13.2 Å². The van der Waals surface area contributed by atoms with Crippen LogP contribution in [-0.4, -0.2) is 76.1 Å². The van der Waals surface area contributed by atoms with Crippen molar-refractivity contribution in [3.63, 3.8) is 0 Å². The minimum Gasteiger partial charge on any atom is -0.338 e. The molecule has 1 amide bonds. The Balaban J connectivity index is 1.50. The average molecular weight is 464 g/mol. The first-order chi connectivity index (χ1) is 15.0. The van der Waals surface area contributed by atoms with Gasteiger partial charge in [0.2, 0.25) is 27.8 Å². The van der Waals surface area contributed by atoms with Gasteiger partial charge >= 0.3 is 0 Å². The molecule has 1 N–H and O–H groups in total. The number of nitrogens with one attached hydrogen (secondary N) is 1. The monoisotopic (exact) mass is 463 g/mol. The Kier molecular flexibility index (Phi) is 6.03. The van der Waals surface area contributed by atoms with Crippen LogP contribution in [0.2, 0.25) is 0 Å². The number of sulfonamides is 1. The van der Waals surface area contributed by atoms with Crippen LogP contribution in [0, 0.1) is 26.2 Å². The second-order valence-electron chi connectivity index (χ2n) is 8.99. The summed E-state index contributed by atoms with van der Waals surface area (Å²) in [5.74, 6) is 1.09. The van der Waals surface area contributed by atoms with E-state index in [2.05, 4.69) is 25.4 Å². The van der Waals surface area contributed by atoms with Gasteiger partial charge in [-0.05, 0) is 51.5 Å². The first-order valence-corrected chi connectivity index (χ1v) is 12.5. The fourth-order valence-electron chi connectivity index (χ4n) is 4.79. The molecule has 0 radical (unpaired) electrons. The highest BCUT2D eigenvalue weighted by molar-refractivity contribution is 7.88. The van der Waals surface area contributed by atoms with Gasteiger partial charge in [-0.2, -0.15) is 4.98 Å². The molecule has 1 atom stereocenters. The highest BCUT2D eigenvalue weighted by Gasteiger charge is 2.49. The standard InChI is InChI=1S/C20H29N7O4S/c1-13-9-14(2)22-19(21-13)24-17(28)11-26-12-20(5-7-27(8-6-20)32(4,29)30)10-16(26)18-23-15(3)25-31-18/h9,16H,5-8,10-12H2,1-4H3,(H,21,22,24,28). The minimum atomic E-state index is -3.21. The lowest BCUT2D eigenvalue weighted by molar-refractivity contribution is -0.117. The van der Waals surface area contributed by atoms with E-state index in [1.54, 1.807) is 6.92 Å². The van der Waals surface area contributed by atoms with Gasteiger partial charge in [-0.1, -0.05) is 5.16 Å². The number of aromatic nitrogens is 4. The number of carbonyl (C=O) groups is 1. The highest BCUT2D eigenvalue weighted by Crippen LogP contribution is 2.48. The number of hydrogen-bond donors (Lipinski definition) is 1. The van der Waals surface area contributed by atoms with E-state index in [-0.39, 0.29) is 29.9 Å². The van der Waals surface area contributed by atoms with Crippen molar-refractivity contribution in [1.29, 1.82) is 0 Å². The zero-order valence-electron chi connectivity index (χ0n) is 18.8. The van der Waals surface area contributed by atoms with Crippen molar-refractivity contribution in [2.75, 3.05) is 37.8 Å². The molecule has 1 spiro atoms. The summed E-state index contributed by atoms with van der Waals surface area (Å²) in [6.07, 6.45) is 3.43. The third-order valence-corrected chi connectivity index (χ3v) is 7.57. The predicted octanol–water partition coefficient (Wildman–Crippen LogP) is 1.21. The largest absolute Gasteiger partial charge is 0.338 e. The van der Waals surface area contributed by atoms with Crippen LogP contribution in [0.3, 0.4) is 0 Å². The molecule has 1 unspecified atom stereocenters. The van der Waals surface area contributed by atoms with E-state index in [1.165, 1.54) is 10.6 Å². The maximum atomic E-state index is 12.8. The van der Waals surface area contributed by atoms with Crippen molar-refractivity contribution in [2.45, 2.75) is 46.1 Å². The van der Waals surface area contributed by atoms with E-state index in [0.29, 0.717) is 31.3 Å². The molecule has 2 aliphatic rings. The number of piperidine rings is 1. The summed E-state index contributed by atoms with van der Waals surface area (Å²) >= 11 is 0. The number of anilines is 1. The van der Waals surface area contributed by atoms with Crippen LogP contribution < -0.4 is 5.32 Å². The molecule has 4 heterocycles. The number of rotatable bonds is 5. The molecule has 2 aromatic rings. The van der Waals surface area contributed by atoms with Crippen LogP contribution in [-0.2, 0) is 14.8 Å². The van der Waals surface area contributed by atoms with Crippen molar-refractivity contribution >= 4 is 21.9 Å². The minimum absolute atomic E-state index is 0.106. The summed E-state index contributed by atoms with van der Waals surface area (Å²) in [4.78, 5) is 27.8. The Hall–Kier alpha value is -2.44. The van der Waals surface area contributed by atoms with Crippen LogP contribution in [0.4, 0.5) is 5.95 Å². The Morgan fingerprint density at radius 2 is 1.84 bits per heavy atom. The van der Waals surface area contributed by atoms with Gasteiger partial charge in [0.1, 0.15) is 0 Å². The molecule has 174 valence electrons. The van der Waals surface area contributed by atoms with Crippen LogP contribution in [0.5, 0.6) is 0 Å². The van der Waals surface area contributed by atoms with Gasteiger partial charge in [0.15, 0.2) is 5.82 Å². The molecule has 12 heteroatoms. The predicted molar refractivity (Wildman–Crippen MR) is 116 cm³/mol. The zero-order chi connectivity index (χ0) is 23.1. The molecule has 0 aliphatic carbocycles. The first kappa shape index (κ1) is 22.7. The SMILES string of the molecule is Cc1cc(C)nc(NC(=O)CN2CC3(CCN(S(C)(=O)=O)CC3)CC2c2nc(C)no2)n1. The van der Waals surface area contributed by atoms with Crippen molar-refractivity contribution in [3.8, 4) is 0 Å². The van der Waals surface area contributed by atoms with Gasteiger partial charge in [-0.3, -0.25) is 15.0 Å². The molecule has 0 bridgehead atoms. The second-order valence-corrected chi connectivity index (χ2v) is 11.0. The quantitative estimate of drug-likeness (QED) is 0.694. The van der Waals surface area contributed by atoms with Gasteiger partial charge in [-0.25, -0.2) is 22.7 Å². The Morgan fingerprint density at radius 1 is 1.19 bits per heavy atom. The van der Waals surface area contributed by atoms with Crippen molar-refractivity contribution < 1.29 is 17.7 Å².